The molecule has 2 rings (SSSR count). The predicted octanol–water partition coefficient (Wildman–Crippen LogP) is 7.82. The van der Waals surface area contributed by atoms with Crippen LogP contribution in [0.4, 0.5) is 5.82 Å². The van der Waals surface area contributed by atoms with Crippen LogP contribution < -0.4 is 11.4 Å². The molecule has 0 bridgehead atoms. The van der Waals surface area contributed by atoms with Crippen molar-refractivity contribution >= 4 is 33.4 Å². The standard InChI is InChI=1S/C46H77N3O16P2/c1-4-37(50)28-24-20-16-11-9-7-5-6-8-10-12-18-22-26-30-42(52)63-38(33-60-41(51)29-25-21-17-14-13-15-19-23-27-36(2)3)34-61-66(56,57)65-67(58,59)62-35-39-43(53)44(54)45(64-39)49-32-31-40(47)48-46(49)55/h6-9,12,16,18,20,31-32,36-39,43-45,50,53-54H,4-5,10-11,13-15,17,19,21-30,33-35H2,1-3H3,(H,56,57)(H,58,59)(H2,47,48,55)/b8-6-,9-7-,18-12-,20-16-/t37-,38-,39-,43-,44-,45-/m1/s1. The normalized spacial score (nSPS) is 20.6. The molecule has 0 spiro atoms. The third-order valence-corrected chi connectivity index (χ3v) is 13.1. The van der Waals surface area contributed by atoms with E-state index in [0.717, 1.165) is 68.6 Å². The maximum atomic E-state index is 12.8. The Bertz CT molecular complexity index is 1840. The number of phosphoric ester groups is 2. The second kappa shape index (κ2) is 34.1. The topological polar surface area (TPSA) is 286 Å². The number of hydrogen-bond acceptors (Lipinski definition) is 16. The summed E-state index contributed by atoms with van der Waals surface area (Å²) in [6.45, 7) is 4.04. The molecule has 19 nitrogen and oxygen atoms in total. The van der Waals surface area contributed by atoms with Gasteiger partial charge in [0.25, 0.3) is 0 Å². The zero-order chi connectivity index (χ0) is 49.5. The van der Waals surface area contributed by atoms with Crippen LogP contribution >= 0.6 is 15.6 Å². The largest absolute Gasteiger partial charge is 0.481 e. The van der Waals surface area contributed by atoms with Crippen LogP contribution in [0.3, 0.4) is 0 Å². The monoisotopic (exact) mass is 989 g/mol. The molecule has 0 radical (unpaired) electrons. The van der Waals surface area contributed by atoms with Gasteiger partial charge in [0.15, 0.2) is 12.3 Å². The van der Waals surface area contributed by atoms with Gasteiger partial charge in [-0.3, -0.25) is 23.2 Å². The molecule has 0 amide bonds. The lowest BCUT2D eigenvalue weighted by Gasteiger charge is -2.21. The number of phosphoric acid groups is 2. The van der Waals surface area contributed by atoms with Crippen molar-refractivity contribution < 1.29 is 71.4 Å². The molecule has 8 atom stereocenters. The highest BCUT2D eigenvalue weighted by Crippen LogP contribution is 2.60. The smallest absolute Gasteiger partial charge is 0.462 e. The van der Waals surface area contributed by atoms with Crippen LogP contribution in [0.5, 0.6) is 0 Å². The second-order valence-corrected chi connectivity index (χ2v) is 19.9. The fraction of sp³-hybridized carbons (Fsp3) is 0.696. The lowest BCUT2D eigenvalue weighted by atomic mass is 10.0. The number of rotatable bonds is 37. The molecule has 382 valence electrons. The van der Waals surface area contributed by atoms with E-state index < -0.39 is 83.7 Å². The van der Waals surface area contributed by atoms with Crippen LogP contribution in [-0.4, -0.2) is 96.9 Å². The molecular formula is C46H77N3O16P2. The zero-order valence-electron chi connectivity index (χ0n) is 39.5. The van der Waals surface area contributed by atoms with Crippen molar-refractivity contribution in [2.45, 2.75) is 180 Å². The summed E-state index contributed by atoms with van der Waals surface area (Å²) in [6.07, 6.45) is 24.7. The molecule has 0 aliphatic carbocycles. The fourth-order valence-electron chi connectivity index (χ4n) is 6.65. The number of aliphatic hydroxyl groups excluding tert-OH is 3. The molecule has 1 fully saturated rings. The van der Waals surface area contributed by atoms with E-state index in [1.165, 1.54) is 31.7 Å². The SMILES string of the molecule is CC[C@@H](O)CC/C=C\C/C=C\C/C=C\C/C=C\CCCC(=O)O[C@H](COC(=O)CCCCCCCCCCC(C)C)COP(=O)(O)OP(=O)(O)OC[C@H]1O[C@@H](n2ccc(N)nc2=O)[C@H](O)[C@@H]1O. The first-order valence-corrected chi connectivity index (χ1v) is 26.6. The Balaban J connectivity index is 1.85. The molecule has 1 aromatic heterocycles. The van der Waals surface area contributed by atoms with Gasteiger partial charge in [0.05, 0.1) is 19.3 Å². The van der Waals surface area contributed by atoms with Crippen molar-refractivity contribution in [3.05, 3.63) is 71.4 Å². The van der Waals surface area contributed by atoms with Crippen LogP contribution in [0, 0.1) is 5.92 Å². The Morgan fingerprint density at radius 2 is 1.36 bits per heavy atom. The minimum atomic E-state index is -5.44. The molecule has 1 aromatic rings. The Morgan fingerprint density at radius 3 is 1.97 bits per heavy atom. The summed E-state index contributed by atoms with van der Waals surface area (Å²) in [4.78, 5) is 61.7. The number of hydrogen-bond donors (Lipinski definition) is 6. The summed E-state index contributed by atoms with van der Waals surface area (Å²) in [6, 6.07) is 1.24. The van der Waals surface area contributed by atoms with E-state index in [4.69, 9.17) is 29.0 Å². The first-order valence-electron chi connectivity index (χ1n) is 23.6. The molecule has 2 unspecified atom stereocenters. The van der Waals surface area contributed by atoms with Crippen molar-refractivity contribution in [2.24, 2.45) is 5.92 Å². The minimum Gasteiger partial charge on any atom is -0.462 e. The number of esters is 2. The van der Waals surface area contributed by atoms with Gasteiger partial charge in [-0.05, 0) is 69.8 Å². The summed E-state index contributed by atoms with van der Waals surface area (Å²) in [5.74, 6) is -0.678. The van der Waals surface area contributed by atoms with E-state index in [-0.39, 0.29) is 24.8 Å². The number of aliphatic hydroxyl groups is 3. The lowest BCUT2D eigenvalue weighted by Crippen LogP contribution is -2.36. The van der Waals surface area contributed by atoms with Crippen LogP contribution in [0.2, 0.25) is 0 Å². The molecule has 1 saturated heterocycles. The molecule has 2 heterocycles. The first-order chi connectivity index (χ1) is 31.9. The average Bonchev–Trinajstić information content (AvgIpc) is 3.55. The maximum absolute atomic E-state index is 12.8. The summed E-state index contributed by atoms with van der Waals surface area (Å²) >= 11 is 0. The number of nitrogens with zero attached hydrogens (tertiary/aromatic N) is 2. The maximum Gasteiger partial charge on any atom is 0.481 e. The van der Waals surface area contributed by atoms with Crippen LogP contribution in [0.25, 0.3) is 0 Å². The van der Waals surface area contributed by atoms with E-state index in [0.29, 0.717) is 31.6 Å². The highest BCUT2D eigenvalue weighted by molar-refractivity contribution is 7.61. The molecule has 1 aliphatic rings. The summed E-state index contributed by atoms with van der Waals surface area (Å²) in [5, 5.41) is 30.5. The quantitative estimate of drug-likeness (QED) is 0.0160. The number of unbranched alkanes of at least 4 members (excludes halogenated alkanes) is 8. The van der Waals surface area contributed by atoms with E-state index in [2.05, 4.69) is 53.5 Å². The number of anilines is 1. The molecule has 0 aromatic carbocycles. The van der Waals surface area contributed by atoms with Gasteiger partial charge in [0, 0.05) is 19.0 Å². The fourth-order valence-corrected chi connectivity index (χ4v) is 8.76. The van der Waals surface area contributed by atoms with E-state index in [9.17, 15) is 48.6 Å². The zero-order valence-corrected chi connectivity index (χ0v) is 41.3. The first kappa shape index (κ1) is 59.8. The van der Waals surface area contributed by atoms with Crippen molar-refractivity contribution in [2.75, 3.05) is 25.6 Å². The third kappa shape index (κ3) is 28.1. The summed E-state index contributed by atoms with van der Waals surface area (Å²) < 4.78 is 56.5. The Hall–Kier alpha value is -3.32. The Morgan fingerprint density at radius 1 is 0.791 bits per heavy atom. The van der Waals surface area contributed by atoms with Crippen molar-refractivity contribution in [3.63, 3.8) is 0 Å². The number of allylic oxidation sites excluding steroid dienone is 8. The number of aromatic nitrogens is 2. The van der Waals surface area contributed by atoms with E-state index in [1.807, 2.05) is 25.2 Å². The van der Waals surface area contributed by atoms with Crippen molar-refractivity contribution in [1.82, 2.24) is 9.55 Å². The van der Waals surface area contributed by atoms with Gasteiger partial charge >= 0.3 is 33.3 Å². The Kier molecular flexibility index (Phi) is 30.4. The Labute approximate surface area is 395 Å². The van der Waals surface area contributed by atoms with Gasteiger partial charge < -0.3 is 45.1 Å². The highest BCUT2D eigenvalue weighted by atomic mass is 31.3. The van der Waals surface area contributed by atoms with E-state index in [1.54, 1.807) is 0 Å². The number of carbonyl (C=O) groups is 2. The number of nitrogens with two attached hydrogens (primary N) is 1. The molecule has 7 N–H and O–H groups in total. The molecule has 21 heteroatoms. The highest BCUT2D eigenvalue weighted by Gasteiger charge is 2.46. The molecule has 0 saturated carbocycles. The summed E-state index contributed by atoms with van der Waals surface area (Å²) in [7, 11) is -10.9. The predicted molar refractivity (Wildman–Crippen MR) is 253 cm³/mol. The van der Waals surface area contributed by atoms with Crippen LogP contribution in [-0.2, 0) is 46.3 Å². The minimum absolute atomic E-state index is 0.0398. The van der Waals surface area contributed by atoms with Gasteiger partial charge in [-0.25, -0.2) is 13.9 Å². The molecule has 1 aliphatic heterocycles. The van der Waals surface area contributed by atoms with Gasteiger partial charge in [0.1, 0.15) is 30.7 Å². The number of nitrogen functional groups attached to an aromatic ring is 1. The van der Waals surface area contributed by atoms with E-state index >= 15 is 0 Å². The van der Waals surface area contributed by atoms with Gasteiger partial charge in [-0.15, -0.1) is 0 Å². The third-order valence-electron chi connectivity index (χ3n) is 10.5. The lowest BCUT2D eigenvalue weighted by molar-refractivity contribution is -0.161. The van der Waals surface area contributed by atoms with Gasteiger partial charge in [-0.2, -0.15) is 9.29 Å². The second-order valence-electron chi connectivity index (χ2n) is 16.9. The van der Waals surface area contributed by atoms with Crippen molar-refractivity contribution in [1.29, 1.82) is 0 Å². The number of ether oxygens (including phenoxy) is 3. The van der Waals surface area contributed by atoms with Gasteiger partial charge in [0.2, 0.25) is 0 Å². The van der Waals surface area contributed by atoms with Crippen LogP contribution in [0.15, 0.2) is 65.7 Å². The average molecular weight is 990 g/mol. The van der Waals surface area contributed by atoms with Crippen molar-refractivity contribution in [3.8, 4) is 0 Å². The molecule has 67 heavy (non-hydrogen) atoms. The molecular weight excluding hydrogens is 912 g/mol. The van der Waals surface area contributed by atoms with Crippen LogP contribution in [0.1, 0.15) is 149 Å². The summed E-state index contributed by atoms with van der Waals surface area (Å²) in [5.41, 5.74) is 4.57. The number of carbonyl (C=O) groups excluding carboxylic acids is 2. The van der Waals surface area contributed by atoms with Gasteiger partial charge in [-0.1, -0.05) is 121 Å².